The molecule has 1 amide bonds. The quantitative estimate of drug-likeness (QED) is 0.664. The molecular weight excluding hydrogens is 283 g/mol. The van der Waals surface area contributed by atoms with Crippen molar-refractivity contribution in [1.29, 1.82) is 0 Å². The van der Waals surface area contributed by atoms with Gasteiger partial charge in [-0.2, -0.15) is 0 Å². The number of hydrogen-bond acceptors (Lipinski definition) is 2. The molecule has 22 heavy (non-hydrogen) atoms. The Labute approximate surface area is 130 Å². The van der Waals surface area contributed by atoms with Crippen molar-refractivity contribution in [2.75, 3.05) is 32.0 Å². The van der Waals surface area contributed by atoms with E-state index in [1.807, 2.05) is 0 Å². The predicted molar refractivity (Wildman–Crippen MR) is 86.4 cm³/mol. The van der Waals surface area contributed by atoms with Crippen LogP contribution in [0.15, 0.2) is 29.3 Å². The lowest BCUT2D eigenvalue weighted by atomic mass is 9.93. The number of benzene rings is 1. The van der Waals surface area contributed by atoms with Gasteiger partial charge in [0, 0.05) is 25.8 Å². The van der Waals surface area contributed by atoms with Crippen molar-refractivity contribution in [3.05, 3.63) is 30.1 Å². The summed E-state index contributed by atoms with van der Waals surface area (Å²) >= 11 is 0. The number of anilines is 1. The van der Waals surface area contributed by atoms with Gasteiger partial charge in [0.1, 0.15) is 5.82 Å². The fourth-order valence-corrected chi connectivity index (χ4v) is 2.52. The van der Waals surface area contributed by atoms with Crippen molar-refractivity contribution >= 4 is 17.6 Å². The zero-order valence-electron chi connectivity index (χ0n) is 13.3. The third kappa shape index (κ3) is 4.44. The second-order valence-corrected chi connectivity index (χ2v) is 6.29. The van der Waals surface area contributed by atoms with Gasteiger partial charge in [-0.3, -0.25) is 9.79 Å². The van der Waals surface area contributed by atoms with Crippen molar-refractivity contribution in [3.63, 3.8) is 0 Å². The molecule has 0 aromatic heterocycles. The van der Waals surface area contributed by atoms with Gasteiger partial charge in [-0.15, -0.1) is 0 Å². The van der Waals surface area contributed by atoms with Gasteiger partial charge in [0.15, 0.2) is 5.96 Å². The van der Waals surface area contributed by atoms with Crippen LogP contribution < -0.4 is 10.6 Å². The van der Waals surface area contributed by atoms with E-state index in [1.54, 1.807) is 7.05 Å². The molecule has 0 unspecified atom stereocenters. The van der Waals surface area contributed by atoms with Gasteiger partial charge in [0.25, 0.3) is 0 Å². The number of amides is 1. The average Bonchev–Trinajstić information content (AvgIpc) is 2.82. The number of carbonyl (C=O) groups is 1. The van der Waals surface area contributed by atoms with Crippen LogP contribution >= 0.6 is 0 Å². The number of nitrogens with one attached hydrogen (secondary N) is 2. The predicted octanol–water partition coefficient (Wildman–Crippen LogP) is 2.07. The summed E-state index contributed by atoms with van der Waals surface area (Å²) in [5.74, 6) is 0.222. The van der Waals surface area contributed by atoms with Crippen LogP contribution in [0.3, 0.4) is 0 Å². The molecule has 5 nitrogen and oxygen atoms in total. The molecule has 1 aromatic rings. The van der Waals surface area contributed by atoms with Gasteiger partial charge in [-0.05, 0) is 36.1 Å². The molecule has 6 heteroatoms. The number of carbonyl (C=O) groups excluding carboxylic acids is 1. The number of hydrogen-bond donors (Lipinski definition) is 2. The number of likely N-dealkylation sites (tertiary alicyclic amines) is 1. The minimum absolute atomic E-state index is 0.126. The first-order chi connectivity index (χ1) is 10.4. The number of halogens is 1. The molecule has 120 valence electrons. The molecule has 0 aliphatic carbocycles. The van der Waals surface area contributed by atoms with Gasteiger partial charge in [-0.25, -0.2) is 4.39 Å². The monoisotopic (exact) mass is 306 g/mol. The Morgan fingerprint density at radius 3 is 2.59 bits per heavy atom. The molecular formula is C16H23FN4O. The maximum atomic E-state index is 12.8. The van der Waals surface area contributed by atoms with Crippen molar-refractivity contribution in [1.82, 2.24) is 10.2 Å². The summed E-state index contributed by atoms with van der Waals surface area (Å²) in [6.45, 7) is 6.43. The second kappa shape index (κ2) is 6.77. The Balaban J connectivity index is 1.83. The molecule has 0 bridgehead atoms. The molecule has 0 atom stereocenters. The zero-order chi connectivity index (χ0) is 16.2. The van der Waals surface area contributed by atoms with E-state index in [2.05, 4.69) is 34.4 Å². The van der Waals surface area contributed by atoms with Crippen molar-refractivity contribution < 1.29 is 9.18 Å². The van der Waals surface area contributed by atoms with Crippen molar-refractivity contribution in [2.45, 2.75) is 20.3 Å². The summed E-state index contributed by atoms with van der Waals surface area (Å²) in [4.78, 5) is 18.3. The summed E-state index contributed by atoms with van der Waals surface area (Å²) in [5, 5.41) is 5.78. The van der Waals surface area contributed by atoms with E-state index in [-0.39, 0.29) is 23.7 Å². The van der Waals surface area contributed by atoms with Gasteiger partial charge in [0.05, 0.1) is 6.54 Å². The minimum Gasteiger partial charge on any atom is -0.347 e. The highest BCUT2D eigenvalue weighted by atomic mass is 19.1. The fraction of sp³-hybridized carbons (Fsp3) is 0.500. The standard InChI is InChI=1S/C16H23FN4O/c1-16(2)8-9-21(11-16)15(18-3)19-10-14(22)20-13-6-4-12(17)5-7-13/h4-7H,8-11H2,1-3H3,(H,18,19)(H,20,22). The number of guanidine groups is 1. The molecule has 2 rings (SSSR count). The Morgan fingerprint density at radius 1 is 1.36 bits per heavy atom. The van der Waals surface area contributed by atoms with Crippen LogP contribution in [0, 0.1) is 11.2 Å². The van der Waals surface area contributed by atoms with E-state index in [0.29, 0.717) is 5.69 Å². The van der Waals surface area contributed by atoms with E-state index in [0.717, 1.165) is 25.5 Å². The Morgan fingerprint density at radius 2 is 2.05 bits per heavy atom. The van der Waals surface area contributed by atoms with Crippen LogP contribution in [0.4, 0.5) is 10.1 Å². The Bertz CT molecular complexity index is 554. The average molecular weight is 306 g/mol. The summed E-state index contributed by atoms with van der Waals surface area (Å²) in [5.41, 5.74) is 0.846. The van der Waals surface area contributed by atoms with Crippen LogP contribution in [-0.4, -0.2) is 43.4 Å². The Kier molecular flexibility index (Phi) is 5.00. The number of nitrogens with zero attached hydrogens (tertiary/aromatic N) is 2. The largest absolute Gasteiger partial charge is 0.347 e. The highest BCUT2D eigenvalue weighted by Gasteiger charge is 2.30. The van der Waals surface area contributed by atoms with Gasteiger partial charge in [0.2, 0.25) is 5.91 Å². The lowest BCUT2D eigenvalue weighted by molar-refractivity contribution is -0.115. The molecule has 0 radical (unpaired) electrons. The Hall–Kier alpha value is -2.11. The van der Waals surface area contributed by atoms with E-state index in [9.17, 15) is 9.18 Å². The van der Waals surface area contributed by atoms with E-state index in [1.165, 1.54) is 24.3 Å². The number of rotatable bonds is 3. The van der Waals surface area contributed by atoms with Crippen LogP contribution in [0.25, 0.3) is 0 Å². The summed E-state index contributed by atoms with van der Waals surface area (Å²) in [7, 11) is 1.71. The molecule has 0 saturated carbocycles. The summed E-state index contributed by atoms with van der Waals surface area (Å²) in [6, 6.07) is 5.69. The van der Waals surface area contributed by atoms with Crippen LogP contribution in [-0.2, 0) is 4.79 Å². The smallest absolute Gasteiger partial charge is 0.243 e. The topological polar surface area (TPSA) is 56.7 Å². The molecule has 1 aromatic carbocycles. The zero-order valence-corrected chi connectivity index (χ0v) is 13.3. The molecule has 2 N–H and O–H groups in total. The van der Waals surface area contributed by atoms with E-state index < -0.39 is 0 Å². The van der Waals surface area contributed by atoms with Crippen LogP contribution in [0.2, 0.25) is 0 Å². The second-order valence-electron chi connectivity index (χ2n) is 6.29. The first kappa shape index (κ1) is 16.3. The molecule has 1 aliphatic rings. The van der Waals surface area contributed by atoms with Crippen molar-refractivity contribution in [2.24, 2.45) is 10.4 Å². The third-order valence-corrected chi connectivity index (χ3v) is 3.72. The van der Waals surface area contributed by atoms with Crippen LogP contribution in [0.5, 0.6) is 0 Å². The SMILES string of the molecule is CN=C(NCC(=O)Nc1ccc(F)cc1)N1CCC(C)(C)C1. The first-order valence-electron chi connectivity index (χ1n) is 7.41. The van der Waals surface area contributed by atoms with Gasteiger partial charge < -0.3 is 15.5 Å². The molecule has 0 spiro atoms. The maximum Gasteiger partial charge on any atom is 0.243 e. The first-order valence-corrected chi connectivity index (χ1v) is 7.41. The normalized spacial score (nSPS) is 17.5. The summed E-state index contributed by atoms with van der Waals surface area (Å²) in [6.07, 6.45) is 1.11. The van der Waals surface area contributed by atoms with E-state index >= 15 is 0 Å². The van der Waals surface area contributed by atoms with Crippen molar-refractivity contribution in [3.8, 4) is 0 Å². The molecule has 1 saturated heterocycles. The minimum atomic E-state index is -0.326. The maximum absolute atomic E-state index is 12.8. The lowest BCUT2D eigenvalue weighted by Gasteiger charge is -2.23. The molecule has 1 aliphatic heterocycles. The van der Waals surface area contributed by atoms with Gasteiger partial charge >= 0.3 is 0 Å². The molecule has 1 fully saturated rings. The highest BCUT2D eigenvalue weighted by Crippen LogP contribution is 2.28. The highest BCUT2D eigenvalue weighted by molar-refractivity contribution is 5.95. The number of aliphatic imine (C=N–C) groups is 1. The van der Waals surface area contributed by atoms with Crippen LogP contribution in [0.1, 0.15) is 20.3 Å². The summed E-state index contributed by atoms with van der Waals surface area (Å²) < 4.78 is 12.8. The van der Waals surface area contributed by atoms with Gasteiger partial charge in [-0.1, -0.05) is 13.8 Å². The van der Waals surface area contributed by atoms with E-state index in [4.69, 9.17) is 0 Å². The third-order valence-electron chi connectivity index (χ3n) is 3.72. The molecule has 1 heterocycles. The lowest BCUT2D eigenvalue weighted by Crippen LogP contribution is -2.43. The fourth-order valence-electron chi connectivity index (χ4n) is 2.52.